The molecule has 0 saturated heterocycles. The van der Waals surface area contributed by atoms with Gasteiger partial charge in [0.15, 0.2) is 11.3 Å². The van der Waals surface area contributed by atoms with Crippen LogP contribution < -0.4 is 0 Å². The van der Waals surface area contributed by atoms with Gasteiger partial charge in [0.1, 0.15) is 0 Å². The molecular weight excluding hydrogens is 172 g/mol. The van der Waals surface area contributed by atoms with Crippen molar-refractivity contribution in [3.8, 4) is 0 Å². The van der Waals surface area contributed by atoms with Gasteiger partial charge in [0, 0.05) is 12.3 Å². The SMILES string of the molecule is Cc1noc2ccnc(C(=O)O)c12. The van der Waals surface area contributed by atoms with Crippen LogP contribution >= 0.6 is 0 Å². The zero-order valence-corrected chi connectivity index (χ0v) is 6.81. The summed E-state index contributed by atoms with van der Waals surface area (Å²) in [6.45, 7) is 1.68. The zero-order valence-electron chi connectivity index (χ0n) is 6.81. The van der Waals surface area contributed by atoms with E-state index in [1.165, 1.54) is 6.20 Å². The first-order valence-electron chi connectivity index (χ1n) is 3.64. The fourth-order valence-corrected chi connectivity index (χ4v) is 1.20. The van der Waals surface area contributed by atoms with Gasteiger partial charge in [0.2, 0.25) is 0 Å². The molecule has 2 aromatic heterocycles. The number of carboxylic acids is 1. The van der Waals surface area contributed by atoms with E-state index in [1.807, 2.05) is 0 Å². The zero-order chi connectivity index (χ0) is 9.42. The standard InChI is InChI=1S/C8H6N2O3/c1-4-6-5(13-10-4)2-3-9-7(6)8(11)12/h2-3H,1H3,(H,11,12). The van der Waals surface area contributed by atoms with Crippen molar-refractivity contribution in [1.82, 2.24) is 10.1 Å². The molecule has 1 N–H and O–H groups in total. The van der Waals surface area contributed by atoms with Gasteiger partial charge in [-0.15, -0.1) is 0 Å². The molecule has 2 heterocycles. The van der Waals surface area contributed by atoms with Crippen LogP contribution in [0.15, 0.2) is 16.8 Å². The summed E-state index contributed by atoms with van der Waals surface area (Å²) >= 11 is 0. The van der Waals surface area contributed by atoms with Crippen molar-refractivity contribution >= 4 is 16.9 Å². The third-order valence-corrected chi connectivity index (χ3v) is 1.76. The summed E-state index contributed by atoms with van der Waals surface area (Å²) in [6.07, 6.45) is 1.39. The lowest BCUT2D eigenvalue weighted by molar-refractivity contribution is 0.0693. The first kappa shape index (κ1) is 7.72. The summed E-state index contributed by atoms with van der Waals surface area (Å²) < 4.78 is 4.89. The molecule has 0 aromatic carbocycles. The lowest BCUT2D eigenvalue weighted by atomic mass is 10.2. The topological polar surface area (TPSA) is 76.2 Å². The average Bonchev–Trinajstić information content (AvgIpc) is 2.48. The lowest BCUT2D eigenvalue weighted by Crippen LogP contribution is -2.00. The molecule has 2 aromatic rings. The second-order valence-corrected chi connectivity index (χ2v) is 2.61. The Labute approximate surface area is 73.0 Å². The molecule has 0 fully saturated rings. The molecule has 5 heteroatoms. The fraction of sp³-hybridized carbons (Fsp3) is 0.125. The number of aryl methyl sites for hydroxylation is 1. The Morgan fingerprint density at radius 3 is 3.08 bits per heavy atom. The summed E-state index contributed by atoms with van der Waals surface area (Å²) in [6, 6.07) is 1.59. The van der Waals surface area contributed by atoms with Crippen LogP contribution in [0.4, 0.5) is 0 Å². The minimum atomic E-state index is -1.07. The highest BCUT2D eigenvalue weighted by Crippen LogP contribution is 2.19. The molecular formula is C8H6N2O3. The van der Waals surface area contributed by atoms with Gasteiger partial charge in [-0.1, -0.05) is 5.16 Å². The fourth-order valence-electron chi connectivity index (χ4n) is 1.20. The second-order valence-electron chi connectivity index (χ2n) is 2.61. The van der Waals surface area contributed by atoms with Crippen molar-refractivity contribution < 1.29 is 14.4 Å². The van der Waals surface area contributed by atoms with E-state index in [0.29, 0.717) is 16.7 Å². The molecule has 2 rings (SSSR count). The monoisotopic (exact) mass is 178 g/mol. The van der Waals surface area contributed by atoms with E-state index in [2.05, 4.69) is 10.1 Å². The summed E-state index contributed by atoms with van der Waals surface area (Å²) in [5.41, 5.74) is 0.974. The lowest BCUT2D eigenvalue weighted by Gasteiger charge is -1.93. The number of nitrogens with zero attached hydrogens (tertiary/aromatic N) is 2. The summed E-state index contributed by atoms with van der Waals surface area (Å²) in [5.74, 6) is -1.07. The number of carbonyl (C=O) groups is 1. The van der Waals surface area contributed by atoms with Crippen LogP contribution in [0.3, 0.4) is 0 Å². The molecule has 13 heavy (non-hydrogen) atoms. The van der Waals surface area contributed by atoms with Gasteiger partial charge < -0.3 is 9.63 Å². The summed E-state index contributed by atoms with van der Waals surface area (Å²) in [5, 5.41) is 12.9. The molecule has 0 saturated carbocycles. The Kier molecular flexibility index (Phi) is 1.51. The number of hydrogen-bond donors (Lipinski definition) is 1. The molecule has 0 aliphatic carbocycles. The van der Waals surface area contributed by atoms with E-state index in [9.17, 15) is 4.79 Å². The van der Waals surface area contributed by atoms with Crippen LogP contribution in [-0.4, -0.2) is 21.2 Å². The molecule has 0 unspecified atom stereocenters. The number of carboxylic acid groups (broad SMARTS) is 1. The highest BCUT2D eigenvalue weighted by Gasteiger charge is 2.15. The largest absolute Gasteiger partial charge is 0.476 e. The molecule has 0 atom stereocenters. The third-order valence-electron chi connectivity index (χ3n) is 1.76. The van der Waals surface area contributed by atoms with Gasteiger partial charge in [-0.05, 0) is 6.92 Å². The maximum Gasteiger partial charge on any atom is 0.355 e. The van der Waals surface area contributed by atoms with Gasteiger partial charge in [-0.2, -0.15) is 0 Å². The molecule has 66 valence electrons. The number of pyridine rings is 1. The predicted octanol–water partition coefficient (Wildman–Crippen LogP) is 1.23. The first-order chi connectivity index (χ1) is 6.20. The van der Waals surface area contributed by atoms with Crippen molar-refractivity contribution in [3.63, 3.8) is 0 Å². The van der Waals surface area contributed by atoms with E-state index in [-0.39, 0.29) is 5.69 Å². The van der Waals surface area contributed by atoms with Gasteiger partial charge in [0.05, 0.1) is 11.1 Å². The first-order valence-corrected chi connectivity index (χ1v) is 3.64. The average molecular weight is 178 g/mol. The van der Waals surface area contributed by atoms with E-state index >= 15 is 0 Å². The molecule has 0 spiro atoms. The number of fused-ring (bicyclic) bond motifs is 1. The van der Waals surface area contributed by atoms with Crippen LogP contribution in [0, 0.1) is 6.92 Å². The predicted molar refractivity (Wildman–Crippen MR) is 43.5 cm³/mol. The summed E-state index contributed by atoms with van der Waals surface area (Å²) in [4.78, 5) is 14.5. The number of aromatic carboxylic acids is 1. The van der Waals surface area contributed by atoms with Crippen LogP contribution in [0.1, 0.15) is 16.2 Å². The van der Waals surface area contributed by atoms with Crippen LogP contribution in [0.2, 0.25) is 0 Å². The number of rotatable bonds is 1. The van der Waals surface area contributed by atoms with Crippen molar-refractivity contribution in [1.29, 1.82) is 0 Å². The van der Waals surface area contributed by atoms with E-state index < -0.39 is 5.97 Å². The highest BCUT2D eigenvalue weighted by atomic mass is 16.5. The Balaban J connectivity index is 2.88. The normalized spacial score (nSPS) is 10.5. The third kappa shape index (κ3) is 1.05. The quantitative estimate of drug-likeness (QED) is 0.710. The highest BCUT2D eigenvalue weighted by molar-refractivity contribution is 6.00. The molecule has 0 radical (unpaired) electrons. The van der Waals surface area contributed by atoms with Crippen molar-refractivity contribution in [2.24, 2.45) is 0 Å². The molecule has 0 aliphatic rings. The van der Waals surface area contributed by atoms with Gasteiger partial charge in [0.25, 0.3) is 0 Å². The van der Waals surface area contributed by atoms with Gasteiger partial charge in [-0.25, -0.2) is 9.78 Å². The van der Waals surface area contributed by atoms with Crippen LogP contribution in [0.25, 0.3) is 11.0 Å². The van der Waals surface area contributed by atoms with Crippen LogP contribution in [0.5, 0.6) is 0 Å². The molecule has 5 nitrogen and oxygen atoms in total. The second kappa shape index (κ2) is 2.55. The van der Waals surface area contributed by atoms with Gasteiger partial charge in [-0.3, -0.25) is 0 Å². The molecule has 0 amide bonds. The maximum absolute atomic E-state index is 10.7. The Morgan fingerprint density at radius 1 is 1.62 bits per heavy atom. The number of hydrogen-bond acceptors (Lipinski definition) is 4. The van der Waals surface area contributed by atoms with Crippen molar-refractivity contribution in [3.05, 3.63) is 23.7 Å². The van der Waals surface area contributed by atoms with Crippen LogP contribution in [-0.2, 0) is 0 Å². The van der Waals surface area contributed by atoms with E-state index in [4.69, 9.17) is 9.63 Å². The Morgan fingerprint density at radius 2 is 2.38 bits per heavy atom. The Hall–Kier alpha value is -1.91. The molecule has 0 bridgehead atoms. The Bertz CT molecular complexity index is 475. The number of aromatic nitrogens is 2. The van der Waals surface area contributed by atoms with Gasteiger partial charge >= 0.3 is 5.97 Å². The van der Waals surface area contributed by atoms with E-state index in [0.717, 1.165) is 0 Å². The molecule has 0 aliphatic heterocycles. The van der Waals surface area contributed by atoms with Crippen molar-refractivity contribution in [2.45, 2.75) is 6.92 Å². The smallest absolute Gasteiger partial charge is 0.355 e. The minimum absolute atomic E-state index is 0.0174. The summed E-state index contributed by atoms with van der Waals surface area (Å²) in [7, 11) is 0. The van der Waals surface area contributed by atoms with Crippen molar-refractivity contribution in [2.75, 3.05) is 0 Å². The van der Waals surface area contributed by atoms with E-state index in [1.54, 1.807) is 13.0 Å². The maximum atomic E-state index is 10.7. The minimum Gasteiger partial charge on any atom is -0.476 e.